The van der Waals surface area contributed by atoms with E-state index in [1.807, 2.05) is 0 Å². The maximum atomic E-state index is 4.36. The number of thiol groups is 2. The second kappa shape index (κ2) is 7.33. The summed E-state index contributed by atoms with van der Waals surface area (Å²) in [4.78, 5) is 0. The van der Waals surface area contributed by atoms with Crippen molar-refractivity contribution in [3.8, 4) is 0 Å². The first-order valence-electron chi connectivity index (χ1n) is 7.52. The van der Waals surface area contributed by atoms with Crippen LogP contribution in [-0.2, 0) is 0 Å². The zero-order chi connectivity index (χ0) is 14.1. The maximum absolute atomic E-state index is 4.36. The van der Waals surface area contributed by atoms with Gasteiger partial charge in [-0.2, -0.15) is 25.3 Å². The molecule has 116 valence electrons. The third kappa shape index (κ3) is 3.77. The summed E-state index contributed by atoms with van der Waals surface area (Å²) in [7, 11) is 8.61. The highest BCUT2D eigenvalue weighted by molar-refractivity contribution is 8.77. The summed E-state index contributed by atoms with van der Waals surface area (Å²) in [6, 6.07) is 0. The molecular weight excluding hydrogens is 361 g/mol. The van der Waals surface area contributed by atoms with E-state index in [0.717, 1.165) is 23.3 Å². The number of hydrogen-bond donors (Lipinski definition) is 2. The van der Waals surface area contributed by atoms with Gasteiger partial charge in [0, 0.05) is 32.5 Å². The number of rotatable bonds is 8. The molecule has 0 aliphatic heterocycles. The molecule has 4 aliphatic carbocycles. The molecule has 4 saturated carbocycles. The first-order valence-corrected chi connectivity index (χ1v) is 13.4. The van der Waals surface area contributed by atoms with Crippen LogP contribution < -0.4 is 0 Å². The van der Waals surface area contributed by atoms with Crippen molar-refractivity contribution in [1.82, 2.24) is 0 Å². The van der Waals surface area contributed by atoms with Crippen LogP contribution >= 0.6 is 68.4 Å². The summed E-state index contributed by atoms with van der Waals surface area (Å²) in [5, 5.41) is 0. The topological polar surface area (TPSA) is 0 Å². The van der Waals surface area contributed by atoms with Crippen LogP contribution in [0.15, 0.2) is 0 Å². The van der Waals surface area contributed by atoms with Gasteiger partial charge >= 0.3 is 0 Å². The van der Waals surface area contributed by atoms with Crippen molar-refractivity contribution in [1.29, 1.82) is 0 Å². The first-order chi connectivity index (χ1) is 9.69. The van der Waals surface area contributed by atoms with E-state index in [0.29, 0.717) is 9.49 Å². The van der Waals surface area contributed by atoms with Crippen LogP contribution in [0.1, 0.15) is 38.5 Å². The summed E-state index contributed by atoms with van der Waals surface area (Å²) < 4.78 is 1.21. The Hall–Kier alpha value is 2.10. The van der Waals surface area contributed by atoms with Crippen molar-refractivity contribution < 1.29 is 0 Å². The van der Waals surface area contributed by atoms with Crippen LogP contribution in [-0.4, -0.2) is 32.5 Å². The highest BCUT2D eigenvalue weighted by atomic mass is 33.1. The van der Waals surface area contributed by atoms with E-state index >= 15 is 0 Å². The third-order valence-electron chi connectivity index (χ3n) is 4.77. The van der Waals surface area contributed by atoms with Gasteiger partial charge in [0.2, 0.25) is 0 Å². The Morgan fingerprint density at radius 1 is 0.800 bits per heavy atom. The fraction of sp³-hybridized carbons (Fsp3) is 1.00. The standard InChI is InChI=1S/C14H24S6/c15-1-3-17-19-13-6-11-5-12(7-13)9-14(8-11,10-13)20-18-4-2-16/h11-12,15-16H,1-10H2. The molecule has 0 spiro atoms. The van der Waals surface area contributed by atoms with Gasteiger partial charge in [-0.25, -0.2) is 0 Å². The molecule has 0 unspecified atom stereocenters. The van der Waals surface area contributed by atoms with Crippen molar-refractivity contribution in [2.75, 3.05) is 23.0 Å². The van der Waals surface area contributed by atoms with E-state index in [1.165, 1.54) is 50.0 Å². The van der Waals surface area contributed by atoms with Crippen LogP contribution in [0.4, 0.5) is 0 Å². The maximum Gasteiger partial charge on any atom is 0.0282 e. The van der Waals surface area contributed by atoms with Crippen LogP contribution in [0.3, 0.4) is 0 Å². The van der Waals surface area contributed by atoms with Crippen molar-refractivity contribution >= 4 is 68.4 Å². The average molecular weight is 385 g/mol. The predicted molar refractivity (Wildman–Crippen MR) is 108 cm³/mol. The predicted octanol–water partition coefficient (Wildman–Crippen LogP) is 5.70. The van der Waals surface area contributed by atoms with Crippen molar-refractivity contribution in [2.24, 2.45) is 11.8 Å². The lowest BCUT2D eigenvalue weighted by Crippen LogP contribution is -2.55. The van der Waals surface area contributed by atoms with E-state index < -0.39 is 0 Å². The minimum atomic E-state index is 0.603. The fourth-order valence-electron chi connectivity index (χ4n) is 4.70. The molecular formula is C14H24S6. The van der Waals surface area contributed by atoms with Crippen molar-refractivity contribution in [3.63, 3.8) is 0 Å². The molecule has 0 radical (unpaired) electrons. The lowest BCUT2D eigenvalue weighted by Gasteiger charge is -2.61. The Bertz CT molecular complexity index is 292. The Morgan fingerprint density at radius 3 is 1.65 bits per heavy atom. The van der Waals surface area contributed by atoms with Gasteiger partial charge in [-0.15, -0.1) is 0 Å². The van der Waals surface area contributed by atoms with Gasteiger partial charge in [-0.05, 0) is 50.4 Å². The Balaban J connectivity index is 1.65. The molecule has 0 atom stereocenters. The van der Waals surface area contributed by atoms with Gasteiger partial charge in [0.05, 0.1) is 0 Å². The summed E-state index contributed by atoms with van der Waals surface area (Å²) in [5.74, 6) is 6.45. The molecule has 4 rings (SSSR count). The monoisotopic (exact) mass is 384 g/mol. The van der Waals surface area contributed by atoms with E-state index in [4.69, 9.17) is 0 Å². The molecule has 20 heavy (non-hydrogen) atoms. The minimum Gasteiger partial charge on any atom is -0.178 e. The Morgan fingerprint density at radius 2 is 1.25 bits per heavy atom. The molecule has 0 aromatic heterocycles. The largest absolute Gasteiger partial charge is 0.178 e. The van der Waals surface area contributed by atoms with Gasteiger partial charge in [0.1, 0.15) is 0 Å². The van der Waals surface area contributed by atoms with Gasteiger partial charge in [0.25, 0.3) is 0 Å². The first kappa shape index (κ1) is 16.9. The molecule has 0 amide bonds. The van der Waals surface area contributed by atoms with Crippen LogP contribution in [0, 0.1) is 11.8 Å². The smallest absolute Gasteiger partial charge is 0.0282 e. The van der Waals surface area contributed by atoms with Crippen molar-refractivity contribution in [2.45, 2.75) is 48.0 Å². The van der Waals surface area contributed by atoms with Crippen LogP contribution in [0.2, 0.25) is 0 Å². The van der Waals surface area contributed by atoms with E-state index in [9.17, 15) is 0 Å². The second-order valence-electron chi connectivity index (χ2n) is 6.58. The van der Waals surface area contributed by atoms with E-state index in [1.54, 1.807) is 0 Å². The SMILES string of the molecule is SCCSSC12CC3CC(C1)CC(SSCCS)(C3)C2. The van der Waals surface area contributed by atoms with E-state index in [-0.39, 0.29) is 0 Å². The molecule has 0 heterocycles. The molecule has 4 fully saturated rings. The minimum absolute atomic E-state index is 0.603. The van der Waals surface area contributed by atoms with Crippen molar-refractivity contribution in [3.05, 3.63) is 0 Å². The van der Waals surface area contributed by atoms with Gasteiger partial charge in [0.15, 0.2) is 0 Å². The van der Waals surface area contributed by atoms with Crippen LogP contribution in [0.5, 0.6) is 0 Å². The quantitative estimate of drug-likeness (QED) is 0.313. The van der Waals surface area contributed by atoms with Gasteiger partial charge in [-0.3, -0.25) is 0 Å². The molecule has 0 nitrogen and oxygen atoms in total. The van der Waals surface area contributed by atoms with E-state index in [2.05, 4.69) is 68.4 Å². The molecule has 0 aromatic carbocycles. The highest BCUT2D eigenvalue weighted by Gasteiger charge is 2.58. The lowest BCUT2D eigenvalue weighted by molar-refractivity contribution is 0.0588. The molecule has 4 bridgehead atoms. The molecule has 0 N–H and O–H groups in total. The Labute approximate surface area is 150 Å². The molecule has 0 saturated heterocycles. The number of hydrogen-bond acceptors (Lipinski definition) is 6. The molecule has 4 aliphatic rings. The summed E-state index contributed by atoms with van der Waals surface area (Å²) in [6.45, 7) is 0. The zero-order valence-electron chi connectivity index (χ0n) is 11.8. The second-order valence-corrected chi connectivity index (χ2v) is 13.2. The molecule has 0 aromatic rings. The zero-order valence-corrected chi connectivity index (χ0v) is 16.8. The summed E-state index contributed by atoms with van der Waals surface area (Å²) >= 11 is 8.72. The third-order valence-corrected chi connectivity index (χ3v) is 12.3. The lowest BCUT2D eigenvalue weighted by atomic mass is 9.55. The van der Waals surface area contributed by atoms with Gasteiger partial charge < -0.3 is 0 Å². The molecule has 6 heteroatoms. The summed E-state index contributed by atoms with van der Waals surface area (Å²) in [5.41, 5.74) is 0. The summed E-state index contributed by atoms with van der Waals surface area (Å²) in [6.07, 6.45) is 8.96. The average Bonchev–Trinajstić information content (AvgIpc) is 2.37. The fourth-order valence-corrected chi connectivity index (χ4v) is 12.5. The highest BCUT2D eigenvalue weighted by Crippen LogP contribution is 2.68. The van der Waals surface area contributed by atoms with Gasteiger partial charge in [-0.1, -0.05) is 43.2 Å². The Kier molecular flexibility index (Phi) is 6.21. The normalized spacial score (nSPS) is 42.3. The van der Waals surface area contributed by atoms with Crippen LogP contribution in [0.25, 0.3) is 0 Å².